The molecule has 0 radical (unpaired) electrons. The van der Waals surface area contributed by atoms with Crippen molar-refractivity contribution < 1.29 is 9.13 Å². The van der Waals surface area contributed by atoms with Gasteiger partial charge in [0.15, 0.2) is 0 Å². The van der Waals surface area contributed by atoms with E-state index in [1.807, 2.05) is 35.7 Å². The van der Waals surface area contributed by atoms with E-state index in [1.165, 1.54) is 6.07 Å². The van der Waals surface area contributed by atoms with Gasteiger partial charge in [0.2, 0.25) is 0 Å². The molecule has 1 aliphatic rings. The Balaban J connectivity index is 1.78. The Hall–Kier alpha value is -2.40. The fourth-order valence-corrected chi connectivity index (χ4v) is 3.17. The Kier molecular flexibility index (Phi) is 3.94. The van der Waals surface area contributed by atoms with Crippen LogP contribution in [-0.4, -0.2) is 28.6 Å². The lowest BCUT2D eigenvalue weighted by molar-refractivity contribution is 0.120. The minimum absolute atomic E-state index is 0.203. The number of fused-ring (bicyclic) bond motifs is 1. The van der Waals surface area contributed by atoms with Crippen molar-refractivity contribution in [1.29, 1.82) is 0 Å². The van der Waals surface area contributed by atoms with Gasteiger partial charge in [-0.1, -0.05) is 12.1 Å². The van der Waals surface area contributed by atoms with Crippen LogP contribution in [-0.2, 0) is 4.74 Å². The summed E-state index contributed by atoms with van der Waals surface area (Å²) in [5.41, 5.74) is 3.08. The van der Waals surface area contributed by atoms with Crippen molar-refractivity contribution in [2.24, 2.45) is 0 Å². The van der Waals surface area contributed by atoms with E-state index in [2.05, 4.69) is 10.3 Å². The number of nitrogens with zero attached hydrogens (tertiary/aromatic N) is 2. The molecule has 3 heterocycles. The van der Waals surface area contributed by atoms with Gasteiger partial charge in [0.25, 0.3) is 0 Å². The van der Waals surface area contributed by atoms with Crippen LogP contribution in [0.3, 0.4) is 0 Å². The highest BCUT2D eigenvalue weighted by molar-refractivity contribution is 5.77. The molecule has 0 spiro atoms. The van der Waals surface area contributed by atoms with E-state index < -0.39 is 0 Å². The molecule has 1 aliphatic heterocycles. The largest absolute Gasteiger partial charge is 0.376 e. The molecule has 24 heavy (non-hydrogen) atoms. The minimum Gasteiger partial charge on any atom is -0.376 e. The van der Waals surface area contributed by atoms with Gasteiger partial charge in [0, 0.05) is 24.9 Å². The molecule has 0 unspecified atom stereocenters. The molecule has 4 nitrogen and oxygen atoms in total. The van der Waals surface area contributed by atoms with Crippen LogP contribution in [0.25, 0.3) is 16.9 Å². The van der Waals surface area contributed by atoms with Crippen LogP contribution in [0.1, 0.15) is 18.4 Å². The predicted octanol–water partition coefficient (Wildman–Crippen LogP) is 4.04. The summed E-state index contributed by atoms with van der Waals surface area (Å²) in [5.74, 6) is 0.545. The zero-order valence-electron chi connectivity index (χ0n) is 13.6. The van der Waals surface area contributed by atoms with Crippen LogP contribution in [0.4, 0.5) is 10.2 Å². The standard InChI is InChI=1S/C19H20FN3O/c1-13-8-9-23-17(11-13)22-18(15-6-2-3-7-16(15)20)19(23)21-12-14-5-4-10-24-14/h2-3,6-9,11,14,21H,4-5,10,12H2,1H3/t14-/m0/s1. The Labute approximate surface area is 140 Å². The quantitative estimate of drug-likeness (QED) is 0.787. The van der Waals surface area contributed by atoms with E-state index in [9.17, 15) is 4.39 Å². The number of halogens is 1. The molecule has 2 aromatic heterocycles. The number of imidazole rings is 1. The summed E-state index contributed by atoms with van der Waals surface area (Å²) in [4.78, 5) is 4.67. The number of ether oxygens (including phenoxy) is 1. The third-order valence-electron chi connectivity index (χ3n) is 4.43. The molecular formula is C19H20FN3O. The maximum absolute atomic E-state index is 14.3. The zero-order valence-corrected chi connectivity index (χ0v) is 13.6. The van der Waals surface area contributed by atoms with Crippen LogP contribution >= 0.6 is 0 Å². The molecule has 0 saturated carbocycles. The van der Waals surface area contributed by atoms with E-state index in [1.54, 1.807) is 12.1 Å². The fraction of sp³-hybridized carbons (Fsp3) is 0.316. The molecule has 1 atom stereocenters. The first kappa shape index (κ1) is 15.1. The monoisotopic (exact) mass is 325 g/mol. The van der Waals surface area contributed by atoms with Crippen molar-refractivity contribution in [3.8, 4) is 11.3 Å². The lowest BCUT2D eigenvalue weighted by atomic mass is 10.1. The second kappa shape index (κ2) is 6.24. The third kappa shape index (κ3) is 2.76. The molecule has 5 heteroatoms. The Morgan fingerprint density at radius 2 is 2.21 bits per heavy atom. The number of rotatable bonds is 4. The summed E-state index contributed by atoms with van der Waals surface area (Å²) in [6.45, 7) is 3.54. The van der Waals surface area contributed by atoms with Gasteiger partial charge in [-0.15, -0.1) is 0 Å². The number of hydrogen-bond donors (Lipinski definition) is 1. The van der Waals surface area contributed by atoms with Crippen molar-refractivity contribution in [1.82, 2.24) is 9.38 Å². The Morgan fingerprint density at radius 1 is 1.33 bits per heavy atom. The van der Waals surface area contributed by atoms with E-state index >= 15 is 0 Å². The molecule has 0 aliphatic carbocycles. The van der Waals surface area contributed by atoms with Crippen LogP contribution in [0.15, 0.2) is 42.6 Å². The minimum atomic E-state index is -0.266. The van der Waals surface area contributed by atoms with E-state index in [-0.39, 0.29) is 11.9 Å². The normalized spacial score (nSPS) is 17.5. The van der Waals surface area contributed by atoms with Gasteiger partial charge in [-0.2, -0.15) is 0 Å². The van der Waals surface area contributed by atoms with Gasteiger partial charge in [0.1, 0.15) is 23.0 Å². The highest BCUT2D eigenvalue weighted by Gasteiger charge is 2.20. The molecule has 1 aromatic carbocycles. The number of nitrogens with one attached hydrogen (secondary N) is 1. The van der Waals surface area contributed by atoms with Crippen LogP contribution in [0.5, 0.6) is 0 Å². The lowest BCUT2D eigenvalue weighted by Crippen LogP contribution is -2.19. The van der Waals surface area contributed by atoms with Crippen molar-refractivity contribution in [2.45, 2.75) is 25.9 Å². The van der Waals surface area contributed by atoms with Crippen molar-refractivity contribution >= 4 is 11.5 Å². The lowest BCUT2D eigenvalue weighted by Gasteiger charge is -2.13. The molecule has 1 fully saturated rings. The third-order valence-corrected chi connectivity index (χ3v) is 4.43. The summed E-state index contributed by atoms with van der Waals surface area (Å²) in [7, 11) is 0. The van der Waals surface area contributed by atoms with Crippen LogP contribution in [0.2, 0.25) is 0 Å². The molecule has 1 N–H and O–H groups in total. The summed E-state index contributed by atoms with van der Waals surface area (Å²) >= 11 is 0. The summed E-state index contributed by atoms with van der Waals surface area (Å²) in [6.07, 6.45) is 4.32. The Bertz CT molecular complexity index is 868. The zero-order chi connectivity index (χ0) is 16.5. The van der Waals surface area contributed by atoms with Crippen LogP contribution in [0, 0.1) is 12.7 Å². The van der Waals surface area contributed by atoms with Gasteiger partial charge < -0.3 is 10.1 Å². The smallest absolute Gasteiger partial charge is 0.139 e. The molecule has 0 amide bonds. The van der Waals surface area contributed by atoms with E-state index in [4.69, 9.17) is 4.74 Å². The van der Waals surface area contributed by atoms with Crippen molar-refractivity contribution in [3.63, 3.8) is 0 Å². The fourth-order valence-electron chi connectivity index (χ4n) is 3.17. The highest BCUT2D eigenvalue weighted by Crippen LogP contribution is 2.31. The van der Waals surface area contributed by atoms with Gasteiger partial charge in [-0.25, -0.2) is 9.37 Å². The first-order valence-corrected chi connectivity index (χ1v) is 8.31. The molecule has 1 saturated heterocycles. The molecular weight excluding hydrogens is 305 g/mol. The first-order valence-electron chi connectivity index (χ1n) is 8.31. The second-order valence-corrected chi connectivity index (χ2v) is 6.24. The first-order chi connectivity index (χ1) is 11.7. The summed E-state index contributed by atoms with van der Waals surface area (Å²) in [6, 6.07) is 10.8. The highest BCUT2D eigenvalue weighted by atomic mass is 19.1. The number of hydrogen-bond acceptors (Lipinski definition) is 3. The second-order valence-electron chi connectivity index (χ2n) is 6.24. The SMILES string of the molecule is Cc1ccn2c(NC[C@@H]3CCCO3)c(-c3ccccc3F)nc2c1. The Morgan fingerprint density at radius 3 is 3.00 bits per heavy atom. The molecule has 4 rings (SSSR count). The predicted molar refractivity (Wildman–Crippen MR) is 92.8 cm³/mol. The molecule has 124 valence electrons. The number of aryl methyl sites for hydroxylation is 1. The average molecular weight is 325 g/mol. The number of aromatic nitrogens is 2. The molecule has 3 aromatic rings. The maximum atomic E-state index is 14.3. The van der Waals surface area contributed by atoms with Crippen molar-refractivity contribution in [3.05, 3.63) is 54.0 Å². The number of anilines is 1. The van der Waals surface area contributed by atoms with Gasteiger partial charge >= 0.3 is 0 Å². The van der Waals surface area contributed by atoms with Gasteiger partial charge in [-0.3, -0.25) is 4.40 Å². The van der Waals surface area contributed by atoms with Gasteiger partial charge in [0.05, 0.1) is 6.10 Å². The molecule has 0 bridgehead atoms. The topological polar surface area (TPSA) is 38.6 Å². The van der Waals surface area contributed by atoms with Crippen LogP contribution < -0.4 is 5.32 Å². The van der Waals surface area contributed by atoms with E-state index in [0.29, 0.717) is 17.8 Å². The van der Waals surface area contributed by atoms with Gasteiger partial charge in [-0.05, 0) is 49.6 Å². The van der Waals surface area contributed by atoms with E-state index in [0.717, 1.165) is 36.5 Å². The number of pyridine rings is 1. The maximum Gasteiger partial charge on any atom is 0.139 e. The summed E-state index contributed by atoms with van der Waals surface area (Å²) in [5, 5.41) is 3.43. The van der Waals surface area contributed by atoms with Crippen molar-refractivity contribution in [2.75, 3.05) is 18.5 Å². The number of benzene rings is 1. The summed E-state index contributed by atoms with van der Waals surface area (Å²) < 4.78 is 22.0. The average Bonchev–Trinajstić information content (AvgIpc) is 3.20.